The standard InChI is InChI=1S/C13H13ClN4OS/c1-8-11(14)6-16-18(8)7-12(19)17-10-4-2-3-9(5-10)13(15)20/h2-6H,7H2,1H3,(H2,15,20)(H,17,19). The van der Waals surface area contributed by atoms with Gasteiger partial charge in [-0.05, 0) is 19.1 Å². The third kappa shape index (κ3) is 3.34. The number of anilines is 1. The smallest absolute Gasteiger partial charge is 0.246 e. The summed E-state index contributed by atoms with van der Waals surface area (Å²) in [7, 11) is 0. The van der Waals surface area contributed by atoms with E-state index >= 15 is 0 Å². The minimum Gasteiger partial charge on any atom is -0.389 e. The van der Waals surface area contributed by atoms with Crippen LogP contribution in [-0.4, -0.2) is 20.7 Å². The van der Waals surface area contributed by atoms with Crippen molar-refractivity contribution in [3.63, 3.8) is 0 Å². The Balaban J connectivity index is 2.06. The molecule has 104 valence electrons. The van der Waals surface area contributed by atoms with Crippen molar-refractivity contribution in [2.24, 2.45) is 5.73 Å². The minimum absolute atomic E-state index is 0.0931. The maximum atomic E-state index is 11.9. The summed E-state index contributed by atoms with van der Waals surface area (Å²) in [6.45, 7) is 1.89. The second kappa shape index (κ2) is 6.02. The van der Waals surface area contributed by atoms with E-state index in [9.17, 15) is 4.79 Å². The van der Waals surface area contributed by atoms with Crippen LogP contribution in [0.2, 0.25) is 5.02 Å². The van der Waals surface area contributed by atoms with E-state index in [1.54, 1.807) is 31.2 Å². The number of carbonyl (C=O) groups is 1. The summed E-state index contributed by atoms with van der Waals surface area (Å²) in [5, 5.41) is 7.33. The Morgan fingerprint density at radius 1 is 1.55 bits per heavy atom. The van der Waals surface area contributed by atoms with E-state index in [4.69, 9.17) is 29.6 Å². The van der Waals surface area contributed by atoms with Crippen LogP contribution in [0.15, 0.2) is 30.5 Å². The second-order valence-corrected chi connectivity index (χ2v) is 5.08. The summed E-state index contributed by atoms with van der Waals surface area (Å²) in [4.78, 5) is 12.2. The molecule has 0 unspecified atom stereocenters. The van der Waals surface area contributed by atoms with E-state index < -0.39 is 0 Å². The number of aromatic nitrogens is 2. The summed E-state index contributed by atoms with van der Waals surface area (Å²) < 4.78 is 1.54. The summed E-state index contributed by atoms with van der Waals surface area (Å²) in [6, 6.07) is 7.06. The molecular weight excluding hydrogens is 296 g/mol. The van der Waals surface area contributed by atoms with Crippen LogP contribution >= 0.6 is 23.8 Å². The Hall–Kier alpha value is -1.92. The van der Waals surface area contributed by atoms with Crippen LogP contribution in [0.4, 0.5) is 5.69 Å². The van der Waals surface area contributed by atoms with Gasteiger partial charge < -0.3 is 11.1 Å². The SMILES string of the molecule is Cc1c(Cl)cnn1CC(=O)Nc1cccc(C(N)=S)c1. The van der Waals surface area contributed by atoms with E-state index in [2.05, 4.69) is 10.4 Å². The predicted octanol–water partition coefficient (Wildman–Crippen LogP) is 2.12. The van der Waals surface area contributed by atoms with Crippen molar-refractivity contribution in [3.8, 4) is 0 Å². The molecule has 2 rings (SSSR count). The lowest BCUT2D eigenvalue weighted by molar-refractivity contribution is -0.116. The third-order valence-corrected chi connectivity index (χ3v) is 3.37. The molecule has 1 aromatic heterocycles. The number of hydrogen-bond acceptors (Lipinski definition) is 3. The van der Waals surface area contributed by atoms with Crippen molar-refractivity contribution in [1.82, 2.24) is 9.78 Å². The lowest BCUT2D eigenvalue weighted by Gasteiger charge is -2.08. The predicted molar refractivity (Wildman–Crippen MR) is 82.9 cm³/mol. The number of amides is 1. The molecule has 2 aromatic rings. The zero-order valence-electron chi connectivity index (χ0n) is 10.8. The number of nitrogens with two attached hydrogens (primary N) is 1. The molecule has 20 heavy (non-hydrogen) atoms. The molecule has 1 amide bonds. The average Bonchev–Trinajstić information content (AvgIpc) is 2.71. The molecule has 0 radical (unpaired) electrons. The van der Waals surface area contributed by atoms with Gasteiger partial charge in [-0.25, -0.2) is 0 Å². The first-order chi connectivity index (χ1) is 9.47. The molecule has 0 bridgehead atoms. The molecule has 1 aromatic carbocycles. The zero-order valence-corrected chi connectivity index (χ0v) is 12.3. The van der Waals surface area contributed by atoms with Gasteiger partial charge in [-0.15, -0.1) is 0 Å². The van der Waals surface area contributed by atoms with Crippen molar-refractivity contribution in [2.75, 3.05) is 5.32 Å². The van der Waals surface area contributed by atoms with Crippen LogP contribution < -0.4 is 11.1 Å². The lowest BCUT2D eigenvalue weighted by atomic mass is 10.2. The quantitative estimate of drug-likeness (QED) is 0.849. The maximum Gasteiger partial charge on any atom is 0.246 e. The van der Waals surface area contributed by atoms with E-state index in [1.807, 2.05) is 0 Å². The zero-order chi connectivity index (χ0) is 14.7. The van der Waals surface area contributed by atoms with Crippen LogP contribution in [0.25, 0.3) is 0 Å². The summed E-state index contributed by atoms with van der Waals surface area (Å²) in [6.07, 6.45) is 1.51. The van der Waals surface area contributed by atoms with Crippen LogP contribution in [0, 0.1) is 6.92 Å². The number of carbonyl (C=O) groups excluding carboxylic acids is 1. The number of halogens is 1. The Bertz CT molecular complexity index is 668. The summed E-state index contributed by atoms with van der Waals surface area (Å²) in [5.41, 5.74) is 7.64. The highest BCUT2D eigenvalue weighted by molar-refractivity contribution is 7.80. The number of hydrogen-bond donors (Lipinski definition) is 2. The molecule has 0 saturated heterocycles. The highest BCUT2D eigenvalue weighted by atomic mass is 35.5. The van der Waals surface area contributed by atoms with Crippen molar-refractivity contribution in [2.45, 2.75) is 13.5 Å². The van der Waals surface area contributed by atoms with Gasteiger partial charge in [-0.3, -0.25) is 9.48 Å². The van der Waals surface area contributed by atoms with Gasteiger partial charge in [0, 0.05) is 11.3 Å². The second-order valence-electron chi connectivity index (χ2n) is 4.23. The van der Waals surface area contributed by atoms with Crippen molar-refractivity contribution in [3.05, 3.63) is 46.7 Å². The summed E-state index contributed by atoms with van der Waals surface area (Å²) in [5.74, 6) is -0.201. The van der Waals surface area contributed by atoms with E-state index in [0.29, 0.717) is 16.3 Å². The van der Waals surface area contributed by atoms with Gasteiger partial charge in [-0.1, -0.05) is 36.0 Å². The van der Waals surface area contributed by atoms with Crippen molar-refractivity contribution >= 4 is 40.4 Å². The molecule has 0 spiro atoms. The number of thiocarbonyl (C=S) groups is 1. The molecule has 0 atom stereocenters. The largest absolute Gasteiger partial charge is 0.389 e. The molecule has 0 fully saturated rings. The molecule has 1 heterocycles. The lowest BCUT2D eigenvalue weighted by Crippen LogP contribution is -2.20. The number of nitrogens with zero attached hydrogens (tertiary/aromatic N) is 2. The van der Waals surface area contributed by atoms with Crippen LogP contribution in [0.5, 0.6) is 0 Å². The van der Waals surface area contributed by atoms with Gasteiger partial charge >= 0.3 is 0 Å². The normalized spacial score (nSPS) is 10.3. The Morgan fingerprint density at radius 3 is 2.90 bits per heavy atom. The minimum atomic E-state index is -0.201. The van der Waals surface area contributed by atoms with Crippen molar-refractivity contribution < 1.29 is 4.79 Å². The molecule has 7 heteroatoms. The highest BCUT2D eigenvalue weighted by Crippen LogP contribution is 2.14. The first-order valence-corrected chi connectivity index (χ1v) is 6.63. The molecule has 5 nitrogen and oxygen atoms in total. The van der Waals surface area contributed by atoms with Crippen molar-refractivity contribution in [1.29, 1.82) is 0 Å². The fraction of sp³-hybridized carbons (Fsp3) is 0.154. The van der Waals surface area contributed by atoms with Gasteiger partial charge in [0.1, 0.15) is 11.5 Å². The molecule has 0 saturated carbocycles. The molecule has 3 N–H and O–H groups in total. The number of nitrogens with one attached hydrogen (secondary N) is 1. The van der Waals surface area contributed by atoms with Gasteiger partial charge in [0.15, 0.2) is 0 Å². The monoisotopic (exact) mass is 308 g/mol. The first kappa shape index (κ1) is 14.5. The maximum absolute atomic E-state index is 11.9. The molecule has 0 aliphatic carbocycles. The van der Waals surface area contributed by atoms with Crippen LogP contribution in [-0.2, 0) is 11.3 Å². The highest BCUT2D eigenvalue weighted by Gasteiger charge is 2.09. The Morgan fingerprint density at radius 2 is 2.30 bits per heavy atom. The summed E-state index contributed by atoms with van der Waals surface area (Å²) >= 11 is 10.8. The fourth-order valence-corrected chi connectivity index (χ4v) is 1.94. The fourth-order valence-electron chi connectivity index (χ4n) is 1.67. The van der Waals surface area contributed by atoms with Gasteiger partial charge in [0.2, 0.25) is 5.91 Å². The average molecular weight is 309 g/mol. The van der Waals surface area contributed by atoms with Gasteiger partial charge in [0.25, 0.3) is 0 Å². The number of benzene rings is 1. The first-order valence-electron chi connectivity index (χ1n) is 5.85. The van der Waals surface area contributed by atoms with Crippen LogP contribution in [0.1, 0.15) is 11.3 Å². The Labute approximate surface area is 126 Å². The number of rotatable bonds is 4. The van der Waals surface area contributed by atoms with Gasteiger partial charge in [-0.2, -0.15) is 5.10 Å². The van der Waals surface area contributed by atoms with Gasteiger partial charge in [0.05, 0.1) is 16.9 Å². The van der Waals surface area contributed by atoms with E-state index in [1.165, 1.54) is 10.9 Å². The topological polar surface area (TPSA) is 72.9 Å². The Kier molecular flexibility index (Phi) is 4.36. The van der Waals surface area contributed by atoms with E-state index in [-0.39, 0.29) is 17.4 Å². The molecule has 0 aliphatic heterocycles. The molecule has 0 aliphatic rings. The molecular formula is C13H13ClN4OS. The third-order valence-electron chi connectivity index (χ3n) is 2.77. The van der Waals surface area contributed by atoms with Crippen LogP contribution in [0.3, 0.4) is 0 Å². The van der Waals surface area contributed by atoms with E-state index in [0.717, 1.165) is 5.69 Å².